The molecule has 1 aromatic carbocycles. The SMILES string of the molecule is COc1ccccc1CNC(=O)[C@H]1CCCN1S(=O)(=O)c1ccc(Cl)s1. The van der Waals surface area contributed by atoms with Gasteiger partial charge in [-0.25, -0.2) is 8.42 Å². The normalized spacial score (nSPS) is 18.0. The topological polar surface area (TPSA) is 75.7 Å². The van der Waals surface area contributed by atoms with Crippen molar-refractivity contribution in [2.24, 2.45) is 0 Å². The smallest absolute Gasteiger partial charge is 0.253 e. The summed E-state index contributed by atoms with van der Waals surface area (Å²) in [5.41, 5.74) is 0.834. The Balaban J connectivity index is 1.72. The second kappa shape index (κ2) is 7.96. The number of carbonyl (C=O) groups excluding carboxylic acids is 1. The van der Waals surface area contributed by atoms with Gasteiger partial charge >= 0.3 is 0 Å². The van der Waals surface area contributed by atoms with Crippen LogP contribution in [0.25, 0.3) is 0 Å². The molecule has 0 aliphatic carbocycles. The van der Waals surface area contributed by atoms with E-state index in [0.29, 0.717) is 29.5 Å². The maximum atomic E-state index is 12.8. The van der Waals surface area contributed by atoms with Gasteiger partial charge in [0.2, 0.25) is 5.91 Å². The molecule has 1 fully saturated rings. The van der Waals surface area contributed by atoms with Gasteiger partial charge in [-0.05, 0) is 31.0 Å². The molecule has 9 heteroatoms. The third-order valence-electron chi connectivity index (χ3n) is 4.26. The molecule has 0 radical (unpaired) electrons. The number of ether oxygens (including phenoxy) is 1. The Labute approximate surface area is 161 Å². The standard InChI is InChI=1S/C17H19ClN2O4S2/c1-24-14-7-3-2-5-12(14)11-19-17(21)13-6-4-10-20(13)26(22,23)16-9-8-15(18)25-16/h2-3,5,7-9,13H,4,6,10-11H2,1H3,(H,19,21)/t13-/m1/s1. The minimum absolute atomic E-state index is 0.159. The monoisotopic (exact) mass is 414 g/mol. The van der Waals surface area contributed by atoms with E-state index in [1.165, 1.54) is 10.4 Å². The molecule has 1 amide bonds. The second-order valence-corrected chi connectivity index (χ2v) is 9.69. The lowest BCUT2D eigenvalue weighted by atomic mass is 10.2. The highest BCUT2D eigenvalue weighted by Gasteiger charge is 2.40. The van der Waals surface area contributed by atoms with E-state index in [0.717, 1.165) is 16.9 Å². The zero-order valence-electron chi connectivity index (χ0n) is 14.1. The maximum Gasteiger partial charge on any atom is 0.253 e. The van der Waals surface area contributed by atoms with Crippen LogP contribution in [-0.4, -0.2) is 38.3 Å². The van der Waals surface area contributed by atoms with Gasteiger partial charge in [0, 0.05) is 18.7 Å². The molecule has 2 heterocycles. The van der Waals surface area contributed by atoms with Gasteiger partial charge in [-0.2, -0.15) is 4.31 Å². The summed E-state index contributed by atoms with van der Waals surface area (Å²) in [7, 11) is -2.16. The Morgan fingerprint density at radius 2 is 2.12 bits per heavy atom. The van der Waals surface area contributed by atoms with Crippen LogP contribution >= 0.6 is 22.9 Å². The van der Waals surface area contributed by atoms with Gasteiger partial charge in [0.15, 0.2) is 0 Å². The Kier molecular flexibility index (Phi) is 5.86. The fraction of sp³-hybridized carbons (Fsp3) is 0.353. The number of nitrogens with zero attached hydrogens (tertiary/aromatic N) is 1. The third-order valence-corrected chi connectivity index (χ3v) is 7.87. The van der Waals surface area contributed by atoms with E-state index in [-0.39, 0.29) is 16.7 Å². The summed E-state index contributed by atoms with van der Waals surface area (Å²) in [6, 6.07) is 9.69. The van der Waals surface area contributed by atoms with E-state index < -0.39 is 16.1 Å². The third kappa shape index (κ3) is 3.88. The van der Waals surface area contributed by atoms with Gasteiger partial charge in [0.25, 0.3) is 10.0 Å². The summed E-state index contributed by atoms with van der Waals surface area (Å²) in [5, 5.41) is 2.83. The van der Waals surface area contributed by atoms with Gasteiger partial charge < -0.3 is 10.1 Å². The van der Waals surface area contributed by atoms with Gasteiger partial charge in [-0.1, -0.05) is 29.8 Å². The number of hydrogen-bond donors (Lipinski definition) is 1. The van der Waals surface area contributed by atoms with E-state index in [1.807, 2.05) is 24.3 Å². The lowest BCUT2D eigenvalue weighted by Gasteiger charge is -2.22. The van der Waals surface area contributed by atoms with Crippen molar-refractivity contribution in [3.8, 4) is 5.75 Å². The van der Waals surface area contributed by atoms with Crippen molar-refractivity contribution < 1.29 is 17.9 Å². The van der Waals surface area contributed by atoms with E-state index in [4.69, 9.17) is 16.3 Å². The molecule has 26 heavy (non-hydrogen) atoms. The van der Waals surface area contributed by atoms with Crippen molar-refractivity contribution in [1.82, 2.24) is 9.62 Å². The molecule has 1 saturated heterocycles. The number of thiophene rings is 1. The van der Waals surface area contributed by atoms with Crippen LogP contribution in [0.2, 0.25) is 4.34 Å². The molecule has 0 spiro atoms. The van der Waals surface area contributed by atoms with Gasteiger partial charge in [0.1, 0.15) is 16.0 Å². The van der Waals surface area contributed by atoms with Crippen molar-refractivity contribution in [2.45, 2.75) is 29.6 Å². The Hall–Kier alpha value is -1.61. The summed E-state index contributed by atoms with van der Waals surface area (Å²) >= 11 is 6.86. The average molecular weight is 415 g/mol. The van der Waals surface area contributed by atoms with Crippen LogP contribution in [0.15, 0.2) is 40.6 Å². The van der Waals surface area contributed by atoms with Crippen LogP contribution in [0, 0.1) is 0 Å². The second-order valence-electron chi connectivity index (χ2n) is 5.86. The molecule has 1 aliphatic heterocycles. The predicted molar refractivity (Wildman–Crippen MR) is 101 cm³/mol. The number of benzene rings is 1. The molecule has 0 unspecified atom stereocenters. The van der Waals surface area contributed by atoms with Crippen LogP contribution < -0.4 is 10.1 Å². The highest BCUT2D eigenvalue weighted by atomic mass is 35.5. The number of rotatable bonds is 6. The summed E-state index contributed by atoms with van der Waals surface area (Å²) < 4.78 is 32.7. The molecule has 2 aromatic rings. The first-order valence-electron chi connectivity index (χ1n) is 8.10. The molecule has 1 aliphatic rings. The molecular weight excluding hydrogens is 396 g/mol. The number of nitrogens with one attached hydrogen (secondary N) is 1. The zero-order valence-corrected chi connectivity index (χ0v) is 16.5. The maximum absolute atomic E-state index is 12.8. The molecule has 0 bridgehead atoms. The number of sulfonamides is 1. The Bertz CT molecular complexity index is 898. The highest BCUT2D eigenvalue weighted by Crippen LogP contribution is 2.32. The van der Waals surface area contributed by atoms with Crippen LogP contribution in [0.3, 0.4) is 0 Å². The summed E-state index contributed by atoms with van der Waals surface area (Å²) in [5.74, 6) is 0.372. The summed E-state index contributed by atoms with van der Waals surface area (Å²) in [6.07, 6.45) is 1.14. The minimum Gasteiger partial charge on any atom is -0.496 e. The number of methoxy groups -OCH3 is 1. The lowest BCUT2D eigenvalue weighted by molar-refractivity contribution is -0.124. The van der Waals surface area contributed by atoms with Gasteiger partial charge in [0.05, 0.1) is 11.4 Å². The van der Waals surface area contributed by atoms with Crippen LogP contribution in [0.4, 0.5) is 0 Å². The fourth-order valence-electron chi connectivity index (χ4n) is 2.99. The molecule has 1 N–H and O–H groups in total. The van der Waals surface area contributed by atoms with Gasteiger partial charge in [-0.15, -0.1) is 11.3 Å². The van der Waals surface area contributed by atoms with Crippen molar-refractivity contribution >= 4 is 38.9 Å². The fourth-order valence-corrected chi connectivity index (χ4v) is 6.26. The van der Waals surface area contributed by atoms with Gasteiger partial charge in [-0.3, -0.25) is 4.79 Å². The van der Waals surface area contributed by atoms with Crippen molar-refractivity contribution in [1.29, 1.82) is 0 Å². The Morgan fingerprint density at radius 1 is 1.35 bits per heavy atom. The number of para-hydroxylation sites is 1. The molecule has 0 saturated carbocycles. The molecule has 1 aromatic heterocycles. The molecular formula is C17H19ClN2O4S2. The van der Waals surface area contributed by atoms with Crippen LogP contribution in [0.1, 0.15) is 18.4 Å². The summed E-state index contributed by atoms with van der Waals surface area (Å²) in [6.45, 7) is 0.600. The average Bonchev–Trinajstić information content (AvgIpc) is 3.29. The lowest BCUT2D eigenvalue weighted by Crippen LogP contribution is -2.45. The van der Waals surface area contributed by atoms with E-state index in [2.05, 4.69) is 5.32 Å². The first-order chi connectivity index (χ1) is 12.4. The van der Waals surface area contributed by atoms with Crippen LogP contribution in [0.5, 0.6) is 5.75 Å². The Morgan fingerprint density at radius 3 is 2.81 bits per heavy atom. The first kappa shape index (κ1) is 19.2. The molecule has 1 atom stereocenters. The van der Waals surface area contributed by atoms with Crippen molar-refractivity contribution in [2.75, 3.05) is 13.7 Å². The summed E-state index contributed by atoms with van der Waals surface area (Å²) in [4.78, 5) is 12.6. The number of halogens is 1. The van der Waals surface area contributed by atoms with E-state index in [9.17, 15) is 13.2 Å². The van der Waals surface area contributed by atoms with Crippen molar-refractivity contribution in [3.05, 3.63) is 46.3 Å². The predicted octanol–water partition coefficient (Wildman–Crippen LogP) is 2.88. The highest BCUT2D eigenvalue weighted by molar-refractivity contribution is 7.91. The van der Waals surface area contributed by atoms with Crippen molar-refractivity contribution in [3.63, 3.8) is 0 Å². The zero-order chi connectivity index (χ0) is 18.7. The molecule has 140 valence electrons. The van der Waals surface area contributed by atoms with Crippen LogP contribution in [-0.2, 0) is 21.4 Å². The number of hydrogen-bond acceptors (Lipinski definition) is 5. The number of carbonyl (C=O) groups is 1. The largest absolute Gasteiger partial charge is 0.496 e. The van der Waals surface area contributed by atoms with E-state index >= 15 is 0 Å². The molecule has 3 rings (SSSR count). The first-order valence-corrected chi connectivity index (χ1v) is 10.7. The quantitative estimate of drug-likeness (QED) is 0.788. The molecule has 6 nitrogen and oxygen atoms in total. The van der Waals surface area contributed by atoms with E-state index in [1.54, 1.807) is 13.2 Å². The number of amides is 1. The minimum atomic E-state index is -3.73.